The van der Waals surface area contributed by atoms with Crippen LogP contribution in [0.4, 0.5) is 4.39 Å². The van der Waals surface area contributed by atoms with E-state index in [1.54, 1.807) is 18.2 Å². The number of H-pyrrole nitrogens is 1. The topological polar surface area (TPSA) is 96.8 Å². The molecule has 1 saturated heterocycles. The van der Waals surface area contributed by atoms with Crippen molar-refractivity contribution >= 4 is 17.4 Å². The third-order valence-electron chi connectivity index (χ3n) is 5.44. The van der Waals surface area contributed by atoms with Crippen molar-refractivity contribution < 1.29 is 9.18 Å². The van der Waals surface area contributed by atoms with Crippen LogP contribution in [0.3, 0.4) is 0 Å². The van der Waals surface area contributed by atoms with Gasteiger partial charge in [-0.1, -0.05) is 30.0 Å². The number of aryl methyl sites for hydroxylation is 1. The Morgan fingerprint density at radius 1 is 1.30 bits per heavy atom. The lowest BCUT2D eigenvalue weighted by Gasteiger charge is -2.31. The van der Waals surface area contributed by atoms with Gasteiger partial charge in [0.2, 0.25) is 0 Å². The van der Waals surface area contributed by atoms with Gasteiger partial charge in [-0.15, -0.1) is 5.10 Å². The molecular formula is C20H23FN6O2S. The third kappa shape index (κ3) is 4.04. The Balaban J connectivity index is 1.43. The van der Waals surface area contributed by atoms with Gasteiger partial charge in [0.15, 0.2) is 0 Å². The van der Waals surface area contributed by atoms with Gasteiger partial charge >= 0.3 is 5.69 Å². The molecule has 3 aromatic rings. The molecule has 0 bridgehead atoms. The molecule has 0 saturated carbocycles. The quantitative estimate of drug-likeness (QED) is 0.648. The fourth-order valence-electron chi connectivity index (χ4n) is 3.86. The molecule has 2 aromatic heterocycles. The minimum Gasteiger partial charge on any atom is -0.338 e. The maximum Gasteiger partial charge on any atom is 0.348 e. The molecule has 30 heavy (non-hydrogen) atoms. The molecule has 3 heterocycles. The summed E-state index contributed by atoms with van der Waals surface area (Å²) in [7, 11) is 0. The van der Waals surface area contributed by atoms with Crippen LogP contribution >= 0.6 is 11.5 Å². The Morgan fingerprint density at radius 3 is 2.80 bits per heavy atom. The monoisotopic (exact) mass is 430 g/mol. The summed E-state index contributed by atoms with van der Waals surface area (Å²) < 4.78 is 19.4. The number of aromatic amines is 1. The van der Waals surface area contributed by atoms with E-state index in [1.807, 2.05) is 4.90 Å². The molecule has 158 valence electrons. The van der Waals surface area contributed by atoms with Crippen molar-refractivity contribution in [1.29, 1.82) is 0 Å². The van der Waals surface area contributed by atoms with Gasteiger partial charge < -0.3 is 4.90 Å². The number of hydrogen-bond donors (Lipinski definition) is 1. The number of carbonyl (C=O) groups excluding carboxylic acids is 1. The van der Waals surface area contributed by atoms with Crippen LogP contribution in [0.5, 0.6) is 0 Å². The first-order valence-electron chi connectivity index (χ1n) is 10.1. The Hall–Kier alpha value is -2.88. The van der Waals surface area contributed by atoms with Gasteiger partial charge in [-0.3, -0.25) is 4.79 Å². The third-order valence-corrected chi connectivity index (χ3v) is 6.20. The van der Waals surface area contributed by atoms with Gasteiger partial charge in [-0.05, 0) is 48.8 Å². The summed E-state index contributed by atoms with van der Waals surface area (Å²) in [6.45, 7) is 3.30. The Bertz CT molecular complexity index is 1080. The number of carbonyl (C=O) groups is 1. The molecule has 1 aliphatic rings. The number of nitrogens with one attached hydrogen (secondary N) is 1. The minimum atomic E-state index is -0.469. The summed E-state index contributed by atoms with van der Waals surface area (Å²) in [5, 5.41) is 10.6. The lowest BCUT2D eigenvalue weighted by atomic mass is 9.93. The van der Waals surface area contributed by atoms with Gasteiger partial charge in [0.05, 0.1) is 11.4 Å². The predicted octanol–water partition coefficient (Wildman–Crippen LogP) is 2.60. The van der Waals surface area contributed by atoms with E-state index in [0.717, 1.165) is 42.9 Å². The highest BCUT2D eigenvalue weighted by Gasteiger charge is 2.28. The van der Waals surface area contributed by atoms with E-state index < -0.39 is 11.5 Å². The summed E-state index contributed by atoms with van der Waals surface area (Å²) in [5.41, 5.74) is 0.518. The second-order valence-electron chi connectivity index (χ2n) is 7.47. The number of likely N-dealkylation sites (tertiary alicyclic amines) is 1. The van der Waals surface area contributed by atoms with Gasteiger partial charge in [0, 0.05) is 19.5 Å². The van der Waals surface area contributed by atoms with Crippen LogP contribution in [0.25, 0.3) is 5.69 Å². The summed E-state index contributed by atoms with van der Waals surface area (Å²) in [6, 6.07) is 6.16. The smallest absolute Gasteiger partial charge is 0.338 e. The van der Waals surface area contributed by atoms with Crippen molar-refractivity contribution in [1.82, 2.24) is 29.3 Å². The van der Waals surface area contributed by atoms with Gasteiger partial charge in [-0.2, -0.15) is 5.10 Å². The van der Waals surface area contributed by atoms with Gasteiger partial charge in [-0.25, -0.2) is 18.9 Å². The molecule has 10 heteroatoms. The summed E-state index contributed by atoms with van der Waals surface area (Å²) in [4.78, 5) is 27.5. The summed E-state index contributed by atoms with van der Waals surface area (Å²) in [5.74, 6) is 0.287. The highest BCUT2D eigenvalue weighted by Crippen LogP contribution is 2.24. The zero-order valence-corrected chi connectivity index (χ0v) is 17.5. The first kappa shape index (κ1) is 20.4. The average molecular weight is 431 g/mol. The molecule has 0 unspecified atom stereocenters. The van der Waals surface area contributed by atoms with Crippen molar-refractivity contribution in [2.75, 3.05) is 13.1 Å². The normalized spacial score (nSPS) is 14.9. The molecule has 1 fully saturated rings. The molecule has 8 nitrogen and oxygen atoms in total. The van der Waals surface area contributed by atoms with Crippen molar-refractivity contribution in [3.05, 3.63) is 57.0 Å². The van der Waals surface area contributed by atoms with Crippen molar-refractivity contribution in [2.45, 2.75) is 39.0 Å². The second kappa shape index (κ2) is 8.86. The number of para-hydroxylation sites is 1. The van der Waals surface area contributed by atoms with E-state index in [9.17, 15) is 14.0 Å². The van der Waals surface area contributed by atoms with Crippen molar-refractivity contribution in [3.63, 3.8) is 0 Å². The van der Waals surface area contributed by atoms with Crippen LogP contribution in [0, 0.1) is 11.7 Å². The standard InChI is InChI=1S/C20H23FN6O2S/c1-2-5-15-18(30-25-22-15)19(28)26-10-8-13(9-11-26)12-17-23-24-20(29)27(17)16-7-4-3-6-14(16)21/h3-4,6-7,13H,2,5,8-12H2,1H3,(H,24,29). The van der Waals surface area contributed by atoms with E-state index in [2.05, 4.69) is 26.7 Å². The molecule has 1 amide bonds. The summed E-state index contributed by atoms with van der Waals surface area (Å²) in [6.07, 6.45) is 3.79. The van der Waals surface area contributed by atoms with Gasteiger partial charge in [0.1, 0.15) is 16.5 Å². The van der Waals surface area contributed by atoms with E-state index in [0.29, 0.717) is 30.2 Å². The number of amides is 1. The fourth-order valence-corrected chi connectivity index (χ4v) is 4.54. The second-order valence-corrected chi connectivity index (χ2v) is 8.22. The van der Waals surface area contributed by atoms with Crippen LogP contribution in [0.2, 0.25) is 0 Å². The number of benzene rings is 1. The van der Waals surface area contributed by atoms with Crippen LogP contribution in [-0.2, 0) is 12.8 Å². The van der Waals surface area contributed by atoms with Crippen LogP contribution in [-0.4, -0.2) is 48.2 Å². The fraction of sp³-hybridized carbons (Fsp3) is 0.450. The maximum absolute atomic E-state index is 14.2. The van der Waals surface area contributed by atoms with Crippen LogP contribution in [0.15, 0.2) is 29.1 Å². The number of aromatic nitrogens is 5. The first-order chi connectivity index (χ1) is 14.6. The average Bonchev–Trinajstić information content (AvgIpc) is 3.36. The predicted molar refractivity (Wildman–Crippen MR) is 110 cm³/mol. The molecular weight excluding hydrogens is 407 g/mol. The molecule has 1 aliphatic heterocycles. The molecule has 0 aliphatic carbocycles. The molecule has 4 rings (SSSR count). The number of rotatable bonds is 6. The van der Waals surface area contributed by atoms with E-state index in [4.69, 9.17) is 0 Å². The van der Waals surface area contributed by atoms with Crippen molar-refractivity contribution in [3.8, 4) is 5.69 Å². The van der Waals surface area contributed by atoms with Crippen molar-refractivity contribution in [2.24, 2.45) is 5.92 Å². The molecule has 0 radical (unpaired) electrons. The van der Waals surface area contributed by atoms with Crippen LogP contribution < -0.4 is 5.69 Å². The number of hydrogen-bond acceptors (Lipinski definition) is 6. The number of piperidine rings is 1. The minimum absolute atomic E-state index is 0.00469. The van der Waals surface area contributed by atoms with E-state index in [1.165, 1.54) is 10.6 Å². The SMILES string of the molecule is CCCc1nnsc1C(=O)N1CCC(Cc2n[nH]c(=O)n2-c2ccccc2F)CC1. The van der Waals surface area contributed by atoms with Gasteiger partial charge in [0.25, 0.3) is 5.91 Å². The maximum atomic E-state index is 14.2. The lowest BCUT2D eigenvalue weighted by Crippen LogP contribution is -2.39. The zero-order valence-electron chi connectivity index (χ0n) is 16.7. The molecule has 1 N–H and O–H groups in total. The Kier molecular flexibility index (Phi) is 6.03. The largest absolute Gasteiger partial charge is 0.348 e. The highest BCUT2D eigenvalue weighted by molar-refractivity contribution is 7.08. The molecule has 1 aromatic carbocycles. The number of halogens is 1. The Morgan fingerprint density at radius 2 is 2.07 bits per heavy atom. The Labute approximate surface area is 176 Å². The number of nitrogens with zero attached hydrogens (tertiary/aromatic N) is 5. The summed E-state index contributed by atoms with van der Waals surface area (Å²) >= 11 is 1.16. The first-order valence-corrected chi connectivity index (χ1v) is 10.9. The molecule has 0 spiro atoms. The van der Waals surface area contributed by atoms with Crippen LogP contribution in [0.1, 0.15) is 47.4 Å². The van der Waals surface area contributed by atoms with E-state index in [-0.39, 0.29) is 17.5 Å². The van der Waals surface area contributed by atoms with E-state index >= 15 is 0 Å². The lowest BCUT2D eigenvalue weighted by molar-refractivity contribution is 0.0693. The zero-order chi connectivity index (χ0) is 21.1. The highest BCUT2D eigenvalue weighted by atomic mass is 32.1. The molecule has 0 atom stereocenters.